The fourth-order valence-electron chi connectivity index (χ4n) is 5.24. The van der Waals surface area contributed by atoms with Crippen LogP contribution in [0.25, 0.3) is 0 Å². The molecule has 2 aliphatic heterocycles. The summed E-state index contributed by atoms with van der Waals surface area (Å²) in [4.78, 5) is 33.2. The number of ether oxygens (including phenoxy) is 1. The van der Waals surface area contributed by atoms with Crippen LogP contribution in [0.1, 0.15) is 50.6 Å². The number of rotatable bonds is 3. The van der Waals surface area contributed by atoms with E-state index >= 15 is 0 Å². The number of halogens is 1. The maximum absolute atomic E-state index is 13.5. The largest absolute Gasteiger partial charge is 0.410 e. The minimum absolute atomic E-state index is 0.226. The first-order chi connectivity index (χ1) is 14.3. The van der Waals surface area contributed by atoms with E-state index in [1.807, 2.05) is 0 Å². The van der Waals surface area contributed by atoms with Gasteiger partial charge in [-0.2, -0.15) is 0 Å². The molecule has 8 nitrogen and oxygen atoms in total. The molecule has 3 fully saturated rings. The monoisotopic (exact) mass is 436 g/mol. The second kappa shape index (κ2) is 8.23. The lowest BCUT2D eigenvalue weighted by molar-refractivity contribution is -0.139. The van der Waals surface area contributed by atoms with Crippen molar-refractivity contribution in [3.05, 3.63) is 16.8 Å². The fourth-order valence-corrected chi connectivity index (χ4v) is 5.50. The fraction of sp³-hybridized carbons (Fsp3) is 0.667. The number of carbonyl (C=O) groups excluding carboxylic acids is 2. The number of aliphatic hydroxyl groups excluding tert-OH is 1. The molecule has 1 aromatic heterocycles. The third kappa shape index (κ3) is 3.95. The van der Waals surface area contributed by atoms with E-state index < -0.39 is 11.5 Å². The van der Waals surface area contributed by atoms with Gasteiger partial charge in [-0.15, -0.1) is 0 Å². The number of nitrogens with zero attached hydrogens (tertiary/aromatic N) is 3. The van der Waals surface area contributed by atoms with E-state index in [-0.39, 0.29) is 23.8 Å². The van der Waals surface area contributed by atoms with E-state index in [0.717, 1.165) is 58.0 Å². The minimum Gasteiger partial charge on any atom is -0.408 e. The SMILES string of the molecule is Cc1nc(N2CCC[C@@]3(CCN(C4CCC(O)CC4)C3=O)C2)c(Cl)cc1OC(N)=O. The highest BCUT2D eigenvalue weighted by Crippen LogP contribution is 2.44. The Morgan fingerprint density at radius 3 is 2.73 bits per heavy atom. The Balaban J connectivity index is 1.51. The second-order valence-electron chi connectivity index (χ2n) is 8.81. The van der Waals surface area contributed by atoms with Gasteiger partial charge in [0.15, 0.2) is 5.75 Å². The number of anilines is 1. The molecule has 30 heavy (non-hydrogen) atoms. The van der Waals surface area contributed by atoms with E-state index in [0.29, 0.717) is 23.1 Å². The molecule has 0 bridgehead atoms. The summed E-state index contributed by atoms with van der Waals surface area (Å²) >= 11 is 6.46. The van der Waals surface area contributed by atoms with Crippen molar-refractivity contribution in [3.8, 4) is 5.75 Å². The summed E-state index contributed by atoms with van der Waals surface area (Å²) in [5.41, 5.74) is 5.22. The number of hydrogen-bond donors (Lipinski definition) is 2. The molecule has 2 saturated heterocycles. The zero-order chi connectivity index (χ0) is 21.5. The average molecular weight is 437 g/mol. The zero-order valence-corrected chi connectivity index (χ0v) is 18.0. The van der Waals surface area contributed by atoms with Gasteiger partial charge in [0, 0.05) is 31.7 Å². The van der Waals surface area contributed by atoms with Crippen LogP contribution in [0.15, 0.2) is 6.07 Å². The van der Waals surface area contributed by atoms with Gasteiger partial charge in [0.25, 0.3) is 0 Å². The number of amides is 2. The molecule has 2 amide bonds. The minimum atomic E-state index is -0.910. The van der Waals surface area contributed by atoms with Crippen molar-refractivity contribution in [1.29, 1.82) is 0 Å². The predicted molar refractivity (Wildman–Crippen MR) is 113 cm³/mol. The molecule has 1 atom stereocenters. The number of pyridine rings is 1. The number of hydrogen-bond acceptors (Lipinski definition) is 6. The highest BCUT2D eigenvalue weighted by molar-refractivity contribution is 6.33. The summed E-state index contributed by atoms with van der Waals surface area (Å²) < 4.78 is 4.96. The van der Waals surface area contributed by atoms with Gasteiger partial charge >= 0.3 is 6.09 Å². The van der Waals surface area contributed by atoms with Crippen LogP contribution in [-0.4, -0.2) is 58.8 Å². The summed E-state index contributed by atoms with van der Waals surface area (Å²) in [5.74, 6) is 1.08. The Morgan fingerprint density at radius 1 is 1.30 bits per heavy atom. The number of carbonyl (C=O) groups is 2. The Labute approximate surface area is 181 Å². The van der Waals surface area contributed by atoms with E-state index in [4.69, 9.17) is 22.1 Å². The van der Waals surface area contributed by atoms with Gasteiger partial charge in [0.2, 0.25) is 5.91 Å². The number of aliphatic hydroxyl groups is 1. The molecular formula is C21H29ClN4O4. The zero-order valence-electron chi connectivity index (χ0n) is 17.3. The number of aromatic nitrogens is 1. The van der Waals surface area contributed by atoms with Crippen LogP contribution in [0.3, 0.4) is 0 Å². The highest BCUT2D eigenvalue weighted by atomic mass is 35.5. The van der Waals surface area contributed by atoms with Crippen LogP contribution in [0.4, 0.5) is 10.6 Å². The van der Waals surface area contributed by atoms with Crippen molar-refractivity contribution in [1.82, 2.24) is 9.88 Å². The standard InChI is InChI=1S/C21H29ClN4O4/c1-13-17(30-20(23)29)11-16(22)18(24-13)25-9-2-7-21(12-25)8-10-26(19(21)28)14-3-5-15(27)6-4-14/h11,14-15,27H,2-10,12H2,1H3,(H2,23,29)/t14?,15?,21-/m1/s1. The molecule has 1 aliphatic carbocycles. The molecule has 164 valence electrons. The molecule has 3 aliphatic rings. The van der Waals surface area contributed by atoms with Crippen molar-refractivity contribution >= 4 is 29.4 Å². The smallest absolute Gasteiger partial charge is 0.408 e. The van der Waals surface area contributed by atoms with Gasteiger partial charge < -0.3 is 25.4 Å². The quantitative estimate of drug-likeness (QED) is 0.753. The summed E-state index contributed by atoms with van der Waals surface area (Å²) in [6, 6.07) is 1.80. The number of nitrogens with two attached hydrogens (primary N) is 1. The van der Waals surface area contributed by atoms with Gasteiger partial charge in [0.05, 0.1) is 22.2 Å². The molecule has 1 aromatic rings. The van der Waals surface area contributed by atoms with E-state index in [1.165, 1.54) is 0 Å². The summed E-state index contributed by atoms with van der Waals surface area (Å²) in [7, 11) is 0. The maximum atomic E-state index is 13.5. The molecule has 3 heterocycles. The van der Waals surface area contributed by atoms with Crippen LogP contribution in [0, 0.1) is 12.3 Å². The molecule has 0 aromatic carbocycles. The predicted octanol–water partition coefficient (Wildman–Crippen LogP) is 2.62. The molecule has 3 N–H and O–H groups in total. The lowest BCUT2D eigenvalue weighted by Crippen LogP contribution is -2.50. The number of piperidine rings is 1. The van der Waals surface area contributed by atoms with Crippen LogP contribution in [0.2, 0.25) is 5.02 Å². The lowest BCUT2D eigenvalue weighted by Gasteiger charge is -2.41. The molecule has 4 rings (SSSR count). The number of likely N-dealkylation sites (tertiary alicyclic amines) is 1. The third-order valence-corrected chi connectivity index (χ3v) is 7.12. The van der Waals surface area contributed by atoms with E-state index in [9.17, 15) is 14.7 Å². The molecule has 9 heteroatoms. The first kappa shape index (κ1) is 21.2. The van der Waals surface area contributed by atoms with Crippen molar-refractivity contribution in [2.75, 3.05) is 24.5 Å². The topological polar surface area (TPSA) is 109 Å². The highest BCUT2D eigenvalue weighted by Gasteiger charge is 2.51. The van der Waals surface area contributed by atoms with E-state index in [2.05, 4.69) is 14.8 Å². The van der Waals surface area contributed by atoms with E-state index in [1.54, 1.807) is 13.0 Å². The van der Waals surface area contributed by atoms with Crippen molar-refractivity contribution < 1.29 is 19.4 Å². The Bertz CT molecular complexity index is 843. The van der Waals surface area contributed by atoms with Crippen LogP contribution < -0.4 is 15.4 Å². The number of primary amides is 1. The molecule has 0 radical (unpaired) electrons. The first-order valence-corrected chi connectivity index (χ1v) is 11.1. The summed E-state index contributed by atoms with van der Waals surface area (Å²) in [6.45, 7) is 3.86. The van der Waals surface area contributed by atoms with Crippen molar-refractivity contribution in [2.24, 2.45) is 11.1 Å². The summed E-state index contributed by atoms with van der Waals surface area (Å²) in [5, 5.41) is 10.2. The lowest BCUT2D eigenvalue weighted by atomic mass is 9.78. The normalized spacial score (nSPS) is 29.5. The number of aryl methyl sites for hydroxylation is 1. The van der Waals surface area contributed by atoms with Gasteiger partial charge in [-0.25, -0.2) is 9.78 Å². The average Bonchev–Trinajstić information content (AvgIpc) is 3.00. The van der Waals surface area contributed by atoms with Crippen LogP contribution in [-0.2, 0) is 4.79 Å². The molecule has 1 spiro atoms. The van der Waals surface area contributed by atoms with Gasteiger partial charge in [-0.05, 0) is 51.9 Å². The molecular weight excluding hydrogens is 408 g/mol. The van der Waals surface area contributed by atoms with Gasteiger partial charge in [-0.3, -0.25) is 4.79 Å². The Hall–Kier alpha value is -2.06. The van der Waals surface area contributed by atoms with Crippen molar-refractivity contribution in [3.63, 3.8) is 0 Å². The Kier molecular flexibility index (Phi) is 5.81. The van der Waals surface area contributed by atoms with Gasteiger partial charge in [0.1, 0.15) is 5.82 Å². The second-order valence-corrected chi connectivity index (χ2v) is 9.22. The van der Waals surface area contributed by atoms with Crippen LogP contribution in [0.5, 0.6) is 5.75 Å². The first-order valence-electron chi connectivity index (χ1n) is 10.7. The van der Waals surface area contributed by atoms with Gasteiger partial charge in [-0.1, -0.05) is 11.6 Å². The van der Waals surface area contributed by atoms with Crippen molar-refractivity contribution in [2.45, 2.75) is 64.0 Å². The summed E-state index contributed by atoms with van der Waals surface area (Å²) in [6.07, 6.45) is 4.75. The van der Waals surface area contributed by atoms with Crippen LogP contribution >= 0.6 is 11.6 Å². The molecule has 0 unspecified atom stereocenters. The third-order valence-electron chi connectivity index (χ3n) is 6.84. The molecule has 1 saturated carbocycles. The maximum Gasteiger partial charge on any atom is 0.410 e. The Morgan fingerprint density at radius 2 is 2.03 bits per heavy atom.